The van der Waals surface area contributed by atoms with Crippen LogP contribution in [0.2, 0.25) is 0 Å². The molecule has 0 radical (unpaired) electrons. The average molecular weight is 320 g/mol. The van der Waals surface area contributed by atoms with E-state index in [0.717, 1.165) is 22.3 Å². The molecule has 0 saturated carbocycles. The van der Waals surface area contributed by atoms with Gasteiger partial charge in [0.25, 0.3) is 0 Å². The van der Waals surface area contributed by atoms with E-state index in [2.05, 4.69) is 61.7 Å². The van der Waals surface area contributed by atoms with Gasteiger partial charge in [0, 0.05) is 28.6 Å². The monoisotopic (exact) mass is 320 g/mol. The molecule has 124 valence electrons. The van der Waals surface area contributed by atoms with E-state index < -0.39 is 0 Å². The molecule has 2 heterocycles. The fourth-order valence-electron chi connectivity index (χ4n) is 3.06. The molecule has 0 bridgehead atoms. The Balaban J connectivity index is 2.15. The SMILES string of the molecule is CC(C)(C)c1ncc(C(C)(C)c2ccnc3ccccc23)nc1N. The van der Waals surface area contributed by atoms with E-state index in [1.807, 2.05) is 30.6 Å². The molecule has 0 unspecified atom stereocenters. The summed E-state index contributed by atoms with van der Waals surface area (Å²) in [7, 11) is 0. The van der Waals surface area contributed by atoms with Crippen molar-refractivity contribution in [2.75, 3.05) is 5.73 Å². The minimum absolute atomic E-state index is 0.122. The van der Waals surface area contributed by atoms with Gasteiger partial charge in [-0.3, -0.25) is 9.97 Å². The van der Waals surface area contributed by atoms with E-state index in [4.69, 9.17) is 5.73 Å². The van der Waals surface area contributed by atoms with Crippen molar-refractivity contribution in [1.82, 2.24) is 15.0 Å². The zero-order chi connectivity index (χ0) is 17.5. The lowest BCUT2D eigenvalue weighted by molar-refractivity contribution is 0.558. The number of anilines is 1. The molecule has 0 aliphatic heterocycles. The maximum atomic E-state index is 6.21. The molecule has 0 amide bonds. The second-order valence-corrected chi connectivity index (χ2v) is 7.74. The summed E-state index contributed by atoms with van der Waals surface area (Å²) < 4.78 is 0. The van der Waals surface area contributed by atoms with Crippen molar-refractivity contribution in [2.24, 2.45) is 0 Å². The van der Waals surface area contributed by atoms with Crippen LogP contribution in [-0.2, 0) is 10.8 Å². The predicted molar refractivity (Wildman–Crippen MR) is 99.0 cm³/mol. The molecule has 0 saturated heterocycles. The summed E-state index contributed by atoms with van der Waals surface area (Å²) in [5.74, 6) is 0.506. The van der Waals surface area contributed by atoms with Crippen LogP contribution in [0.4, 0.5) is 5.82 Å². The van der Waals surface area contributed by atoms with Gasteiger partial charge < -0.3 is 5.73 Å². The van der Waals surface area contributed by atoms with Crippen LogP contribution in [0.1, 0.15) is 51.6 Å². The molecule has 0 atom stereocenters. The lowest BCUT2D eigenvalue weighted by Gasteiger charge is -2.27. The minimum Gasteiger partial charge on any atom is -0.382 e. The first-order valence-electron chi connectivity index (χ1n) is 8.19. The second kappa shape index (κ2) is 5.55. The summed E-state index contributed by atoms with van der Waals surface area (Å²) in [6, 6.07) is 10.2. The van der Waals surface area contributed by atoms with Crippen LogP contribution < -0.4 is 5.73 Å². The molecule has 3 rings (SSSR count). The van der Waals surface area contributed by atoms with Crippen LogP contribution in [0, 0.1) is 0 Å². The fourth-order valence-corrected chi connectivity index (χ4v) is 3.06. The Kier molecular flexibility index (Phi) is 3.78. The molecule has 0 aliphatic rings. The van der Waals surface area contributed by atoms with E-state index in [1.54, 1.807) is 0 Å². The van der Waals surface area contributed by atoms with Crippen LogP contribution in [0.5, 0.6) is 0 Å². The van der Waals surface area contributed by atoms with E-state index in [0.29, 0.717) is 5.82 Å². The van der Waals surface area contributed by atoms with E-state index in [-0.39, 0.29) is 10.8 Å². The maximum absolute atomic E-state index is 6.21. The smallest absolute Gasteiger partial charge is 0.146 e. The summed E-state index contributed by atoms with van der Waals surface area (Å²) in [6.07, 6.45) is 3.70. The van der Waals surface area contributed by atoms with Crippen molar-refractivity contribution in [3.05, 3.63) is 59.7 Å². The highest BCUT2D eigenvalue weighted by atomic mass is 14.9. The van der Waals surface area contributed by atoms with Gasteiger partial charge in [-0.05, 0) is 17.7 Å². The normalized spacial score (nSPS) is 12.5. The van der Waals surface area contributed by atoms with Crippen molar-refractivity contribution in [3.8, 4) is 0 Å². The van der Waals surface area contributed by atoms with Gasteiger partial charge in [-0.2, -0.15) is 0 Å². The Morgan fingerprint density at radius 2 is 1.62 bits per heavy atom. The first-order chi connectivity index (χ1) is 11.2. The molecule has 4 nitrogen and oxygen atoms in total. The summed E-state index contributed by atoms with van der Waals surface area (Å²) in [6.45, 7) is 10.6. The fraction of sp³-hybridized carbons (Fsp3) is 0.350. The molecule has 2 aromatic heterocycles. The number of para-hydroxylation sites is 1. The molecule has 3 aromatic rings. The van der Waals surface area contributed by atoms with Gasteiger partial charge in [0.2, 0.25) is 0 Å². The number of rotatable bonds is 2. The van der Waals surface area contributed by atoms with Crippen LogP contribution in [0.15, 0.2) is 42.7 Å². The standard InChI is InChI=1S/C20H24N4/c1-19(2,3)17-18(21)24-16(12-23-17)20(4,5)14-10-11-22-15-9-7-6-8-13(14)15/h6-12H,1-5H3,(H2,21,24). The van der Waals surface area contributed by atoms with Crippen molar-refractivity contribution in [1.29, 1.82) is 0 Å². The average Bonchev–Trinajstić information content (AvgIpc) is 2.53. The van der Waals surface area contributed by atoms with Crippen molar-refractivity contribution >= 4 is 16.7 Å². The van der Waals surface area contributed by atoms with Crippen LogP contribution >= 0.6 is 0 Å². The molecule has 0 spiro atoms. The van der Waals surface area contributed by atoms with Crippen molar-refractivity contribution < 1.29 is 0 Å². The summed E-state index contributed by atoms with van der Waals surface area (Å²) in [5, 5.41) is 1.13. The predicted octanol–water partition coefficient (Wildman–Crippen LogP) is 4.23. The van der Waals surface area contributed by atoms with Crippen molar-refractivity contribution in [2.45, 2.75) is 45.4 Å². The largest absolute Gasteiger partial charge is 0.382 e. The minimum atomic E-state index is -0.319. The third-order valence-electron chi connectivity index (χ3n) is 4.47. The highest BCUT2D eigenvalue weighted by Crippen LogP contribution is 2.35. The molecule has 0 aliphatic carbocycles. The summed E-state index contributed by atoms with van der Waals surface area (Å²) >= 11 is 0. The van der Waals surface area contributed by atoms with Gasteiger partial charge in [0.1, 0.15) is 5.82 Å². The quantitative estimate of drug-likeness (QED) is 0.767. The number of hydrogen-bond donors (Lipinski definition) is 1. The van der Waals surface area contributed by atoms with Gasteiger partial charge in [-0.25, -0.2) is 4.98 Å². The van der Waals surface area contributed by atoms with Gasteiger partial charge >= 0.3 is 0 Å². The number of aromatic nitrogens is 3. The molecular weight excluding hydrogens is 296 g/mol. The van der Waals surface area contributed by atoms with Gasteiger partial charge in [0.15, 0.2) is 0 Å². The van der Waals surface area contributed by atoms with E-state index in [9.17, 15) is 0 Å². The Hall–Kier alpha value is -2.49. The van der Waals surface area contributed by atoms with Gasteiger partial charge in [-0.15, -0.1) is 0 Å². The molecule has 2 N–H and O–H groups in total. The Morgan fingerprint density at radius 3 is 2.29 bits per heavy atom. The Bertz CT molecular complexity index is 886. The van der Waals surface area contributed by atoms with Crippen molar-refractivity contribution in [3.63, 3.8) is 0 Å². The number of pyridine rings is 1. The first-order valence-corrected chi connectivity index (χ1v) is 8.19. The Morgan fingerprint density at radius 1 is 0.917 bits per heavy atom. The first kappa shape index (κ1) is 16.4. The zero-order valence-electron chi connectivity index (χ0n) is 15.0. The van der Waals surface area contributed by atoms with Crippen LogP contribution in [0.25, 0.3) is 10.9 Å². The van der Waals surface area contributed by atoms with E-state index >= 15 is 0 Å². The van der Waals surface area contributed by atoms with Gasteiger partial charge in [0.05, 0.1) is 16.9 Å². The number of benzene rings is 1. The highest BCUT2D eigenvalue weighted by molar-refractivity contribution is 5.83. The lowest BCUT2D eigenvalue weighted by atomic mass is 9.80. The molecular formula is C20H24N4. The number of fused-ring (bicyclic) bond motifs is 1. The summed E-state index contributed by atoms with van der Waals surface area (Å²) in [4.78, 5) is 13.8. The molecule has 4 heteroatoms. The summed E-state index contributed by atoms with van der Waals surface area (Å²) in [5.41, 5.74) is 9.62. The lowest BCUT2D eigenvalue weighted by Crippen LogP contribution is -2.25. The number of hydrogen-bond acceptors (Lipinski definition) is 4. The highest BCUT2D eigenvalue weighted by Gasteiger charge is 2.29. The zero-order valence-corrected chi connectivity index (χ0v) is 15.0. The second-order valence-electron chi connectivity index (χ2n) is 7.74. The number of nitrogen functional groups attached to an aromatic ring is 1. The molecule has 1 aromatic carbocycles. The third kappa shape index (κ3) is 2.73. The molecule has 24 heavy (non-hydrogen) atoms. The topological polar surface area (TPSA) is 64.7 Å². The van der Waals surface area contributed by atoms with Gasteiger partial charge in [-0.1, -0.05) is 52.8 Å². The number of nitrogens with two attached hydrogens (primary N) is 1. The maximum Gasteiger partial charge on any atom is 0.146 e. The Labute approximate surface area is 143 Å². The van der Waals surface area contributed by atoms with Crippen LogP contribution in [0.3, 0.4) is 0 Å². The number of nitrogens with zero attached hydrogens (tertiary/aromatic N) is 3. The van der Waals surface area contributed by atoms with Crippen LogP contribution in [-0.4, -0.2) is 15.0 Å². The molecule has 0 fully saturated rings. The third-order valence-corrected chi connectivity index (χ3v) is 4.47. The van der Waals surface area contributed by atoms with E-state index in [1.165, 1.54) is 5.56 Å².